The van der Waals surface area contributed by atoms with Crippen LogP contribution in [0.4, 0.5) is 0 Å². The van der Waals surface area contributed by atoms with Crippen LogP contribution < -0.4 is 9.47 Å². The van der Waals surface area contributed by atoms with Crippen LogP contribution >= 0.6 is 0 Å². The van der Waals surface area contributed by atoms with Crippen molar-refractivity contribution in [3.05, 3.63) is 72.8 Å². The van der Waals surface area contributed by atoms with Gasteiger partial charge in [0.25, 0.3) is 0 Å². The summed E-state index contributed by atoms with van der Waals surface area (Å²) in [6, 6.07) is 11.2. The molecule has 0 saturated carbocycles. The van der Waals surface area contributed by atoms with E-state index < -0.39 is 17.9 Å². The number of hydrogen-bond acceptors (Lipinski definition) is 10. The molecule has 0 fully saturated rings. The zero-order valence-corrected chi connectivity index (χ0v) is 20.7. The molecular weight excluding hydrogens is 484 g/mol. The minimum atomic E-state index is -0.646. The number of carbonyl (C=O) groups is 3. The second kappa shape index (κ2) is 12.8. The Morgan fingerprint density at radius 1 is 0.757 bits per heavy atom. The van der Waals surface area contributed by atoms with Gasteiger partial charge in [-0.3, -0.25) is 0 Å². The Labute approximate surface area is 214 Å². The van der Waals surface area contributed by atoms with Crippen molar-refractivity contribution in [1.82, 2.24) is 0 Å². The maximum absolute atomic E-state index is 12.1. The first kappa shape index (κ1) is 27.6. The third-order valence-corrected chi connectivity index (χ3v) is 5.45. The molecular formula is C27H28O10. The summed E-state index contributed by atoms with van der Waals surface area (Å²) in [6.45, 7) is 9.52. The van der Waals surface area contributed by atoms with E-state index in [1.54, 1.807) is 6.07 Å². The van der Waals surface area contributed by atoms with Gasteiger partial charge in [0.2, 0.25) is 0 Å². The number of benzene rings is 2. The fourth-order valence-electron chi connectivity index (χ4n) is 3.69. The predicted molar refractivity (Wildman–Crippen MR) is 130 cm³/mol. The average Bonchev–Trinajstić information content (AvgIpc) is 3.11. The number of rotatable bonds is 14. The largest absolute Gasteiger partial charge is 0.467 e. The maximum atomic E-state index is 12.1. The summed E-state index contributed by atoms with van der Waals surface area (Å²) in [6.07, 6.45) is 2.04. The Balaban J connectivity index is 1.55. The van der Waals surface area contributed by atoms with E-state index in [2.05, 4.69) is 36.5 Å². The van der Waals surface area contributed by atoms with Crippen molar-refractivity contribution in [2.75, 3.05) is 33.8 Å². The smallest absolute Gasteiger partial charge is 0.337 e. The normalized spacial score (nSPS) is 12.6. The van der Waals surface area contributed by atoms with E-state index in [1.165, 1.54) is 0 Å². The van der Waals surface area contributed by atoms with Gasteiger partial charge in [0.05, 0.1) is 0 Å². The molecule has 3 rings (SSSR count). The van der Waals surface area contributed by atoms with Crippen LogP contribution in [-0.4, -0.2) is 51.7 Å². The van der Waals surface area contributed by atoms with Crippen LogP contribution in [0.2, 0.25) is 0 Å². The Morgan fingerprint density at radius 2 is 1.30 bits per heavy atom. The molecule has 2 aromatic carbocycles. The number of hydrogen-bond donors (Lipinski definition) is 0. The molecule has 10 nitrogen and oxygen atoms in total. The van der Waals surface area contributed by atoms with E-state index in [9.17, 15) is 14.4 Å². The monoisotopic (exact) mass is 512 g/mol. The minimum absolute atomic E-state index is 0.0590. The van der Waals surface area contributed by atoms with Crippen LogP contribution in [0.1, 0.15) is 25.0 Å². The molecule has 0 heterocycles. The second-order valence-corrected chi connectivity index (χ2v) is 8.22. The van der Waals surface area contributed by atoms with Gasteiger partial charge in [-0.1, -0.05) is 39.1 Å². The van der Waals surface area contributed by atoms with Crippen LogP contribution in [-0.2, 0) is 43.5 Å². The highest BCUT2D eigenvalue weighted by atomic mass is 16.8. The van der Waals surface area contributed by atoms with Gasteiger partial charge in [-0.25, -0.2) is 14.4 Å². The number of esters is 3. The molecule has 0 radical (unpaired) electrons. The lowest BCUT2D eigenvalue weighted by atomic mass is 9.82. The highest BCUT2D eigenvalue weighted by Gasteiger charge is 2.36. The minimum Gasteiger partial charge on any atom is -0.467 e. The molecule has 0 saturated heterocycles. The Bertz CT molecular complexity index is 1170. The first-order chi connectivity index (χ1) is 17.8. The molecule has 0 aliphatic heterocycles. The van der Waals surface area contributed by atoms with Crippen molar-refractivity contribution in [1.29, 1.82) is 0 Å². The van der Waals surface area contributed by atoms with E-state index in [0.717, 1.165) is 34.4 Å². The Kier molecular flexibility index (Phi) is 9.56. The summed E-state index contributed by atoms with van der Waals surface area (Å²) in [7, 11) is 0. The van der Waals surface area contributed by atoms with Crippen LogP contribution in [0.15, 0.2) is 61.7 Å². The van der Waals surface area contributed by atoms with Crippen molar-refractivity contribution >= 4 is 17.9 Å². The van der Waals surface area contributed by atoms with E-state index in [1.807, 2.05) is 30.3 Å². The van der Waals surface area contributed by atoms with Crippen LogP contribution in [0, 0.1) is 0 Å². The van der Waals surface area contributed by atoms with Crippen molar-refractivity contribution < 1.29 is 47.5 Å². The van der Waals surface area contributed by atoms with Crippen molar-refractivity contribution in [3.63, 3.8) is 0 Å². The lowest BCUT2D eigenvalue weighted by molar-refractivity contribution is -0.170. The average molecular weight is 513 g/mol. The summed E-state index contributed by atoms with van der Waals surface area (Å²) in [5, 5.41) is 0. The fraction of sp³-hybridized carbons (Fsp3) is 0.296. The van der Waals surface area contributed by atoms with Gasteiger partial charge >= 0.3 is 17.9 Å². The van der Waals surface area contributed by atoms with E-state index in [4.69, 9.17) is 23.7 Å². The fourth-order valence-corrected chi connectivity index (χ4v) is 3.69. The molecule has 2 aromatic rings. The summed E-state index contributed by atoms with van der Waals surface area (Å²) in [5.74, 6) is -0.867. The molecule has 10 heteroatoms. The van der Waals surface area contributed by atoms with Gasteiger partial charge in [0, 0.05) is 17.6 Å². The Hall–Kier alpha value is -3.99. The summed E-state index contributed by atoms with van der Waals surface area (Å²) >= 11 is 0. The molecule has 0 unspecified atom stereocenters. The highest BCUT2D eigenvalue weighted by molar-refractivity contribution is 5.83. The molecule has 0 aromatic heterocycles. The summed E-state index contributed by atoms with van der Waals surface area (Å²) < 4.78 is 35.6. The topological polar surface area (TPSA) is 116 Å². The maximum Gasteiger partial charge on any atom is 0.337 e. The number of carbonyl (C=O) groups excluding carboxylic acids is 3. The molecule has 0 spiro atoms. The van der Waals surface area contributed by atoms with Gasteiger partial charge in [0.1, 0.15) is 18.1 Å². The first-order valence-corrected chi connectivity index (χ1v) is 11.2. The Morgan fingerprint density at radius 3 is 1.92 bits per heavy atom. The molecule has 37 heavy (non-hydrogen) atoms. The van der Waals surface area contributed by atoms with Gasteiger partial charge in [0.15, 0.2) is 27.2 Å². The molecule has 0 bridgehead atoms. The SMILES string of the molecule is C=CC(=O)OCOCOCOc1ccc2c(c1)C(C)(C)c1cc(OC(=O)COCOC(=O)C=C)ccc1-2. The van der Waals surface area contributed by atoms with E-state index in [-0.39, 0.29) is 39.2 Å². The van der Waals surface area contributed by atoms with E-state index >= 15 is 0 Å². The number of ether oxygens (including phenoxy) is 7. The van der Waals surface area contributed by atoms with Gasteiger partial charge in [-0.15, -0.1) is 0 Å². The lowest BCUT2D eigenvalue weighted by Gasteiger charge is -2.22. The third-order valence-electron chi connectivity index (χ3n) is 5.45. The van der Waals surface area contributed by atoms with Crippen molar-refractivity contribution in [2.24, 2.45) is 0 Å². The van der Waals surface area contributed by atoms with Crippen LogP contribution in [0.3, 0.4) is 0 Å². The molecule has 0 N–H and O–H groups in total. The zero-order chi connectivity index (χ0) is 26.8. The lowest BCUT2D eigenvalue weighted by Crippen LogP contribution is -2.19. The van der Waals surface area contributed by atoms with Gasteiger partial charge in [-0.05, 0) is 46.5 Å². The summed E-state index contributed by atoms with van der Waals surface area (Å²) in [5.41, 5.74) is 3.72. The van der Waals surface area contributed by atoms with Crippen molar-refractivity contribution in [2.45, 2.75) is 19.3 Å². The van der Waals surface area contributed by atoms with Gasteiger partial charge in [-0.2, -0.15) is 0 Å². The highest BCUT2D eigenvalue weighted by Crippen LogP contribution is 2.50. The number of fused-ring (bicyclic) bond motifs is 3. The molecule has 196 valence electrons. The summed E-state index contributed by atoms with van der Waals surface area (Å²) in [4.78, 5) is 34.0. The van der Waals surface area contributed by atoms with Crippen LogP contribution in [0.25, 0.3) is 11.1 Å². The molecule has 1 aliphatic carbocycles. The second-order valence-electron chi connectivity index (χ2n) is 8.22. The quantitative estimate of drug-likeness (QED) is 0.122. The zero-order valence-electron chi connectivity index (χ0n) is 20.7. The molecule has 0 amide bonds. The standard InChI is InChI=1S/C27H28O10/c1-5-24(28)35-15-31-13-26(30)37-19-8-10-21-20-9-7-18(11-22(20)27(3,4)23(21)12-19)34-16-32-14-33-17-36-25(29)6-2/h5-12H,1-2,13-17H2,3-4H3. The van der Waals surface area contributed by atoms with Crippen LogP contribution in [0.5, 0.6) is 11.5 Å². The first-order valence-electron chi connectivity index (χ1n) is 11.2. The predicted octanol–water partition coefficient (Wildman–Crippen LogP) is 3.62. The van der Waals surface area contributed by atoms with E-state index in [0.29, 0.717) is 11.5 Å². The molecule has 0 atom stereocenters. The third kappa shape index (κ3) is 7.26. The molecule has 1 aliphatic rings. The van der Waals surface area contributed by atoms with Gasteiger partial charge < -0.3 is 33.2 Å². The van der Waals surface area contributed by atoms with Crippen molar-refractivity contribution in [3.8, 4) is 22.6 Å².